The first-order chi connectivity index (χ1) is 17.2. The Morgan fingerprint density at radius 3 is 2.08 bits per heavy atom. The number of halogens is 4. The van der Waals surface area contributed by atoms with Crippen LogP contribution in [0.2, 0.25) is 5.02 Å². The van der Waals surface area contributed by atoms with Gasteiger partial charge in [0.2, 0.25) is 5.91 Å². The number of carbonyl (C=O) groups is 2. The summed E-state index contributed by atoms with van der Waals surface area (Å²) < 4.78 is 44.9. The molecule has 186 valence electrons. The Kier molecular flexibility index (Phi) is 6.13. The minimum atomic E-state index is -4.51. The number of nitrogens with zero attached hydrogens (tertiary/aromatic N) is 2. The number of benzene rings is 3. The van der Waals surface area contributed by atoms with E-state index in [4.69, 9.17) is 21.2 Å². The summed E-state index contributed by atoms with van der Waals surface area (Å²) in [6.07, 6.45) is -5.65. The number of alkyl halides is 3. The molecule has 10 heteroatoms. The number of ether oxygens (including phenoxy) is 1. The predicted octanol–water partition coefficient (Wildman–Crippen LogP) is 5.81. The first kappa shape index (κ1) is 24.1. The number of amides is 2. The van der Waals surface area contributed by atoms with Gasteiger partial charge in [0.25, 0.3) is 5.91 Å². The van der Waals surface area contributed by atoms with Gasteiger partial charge in [0.15, 0.2) is 6.10 Å². The van der Waals surface area contributed by atoms with Crippen LogP contribution < -0.4 is 14.7 Å². The van der Waals surface area contributed by atoms with Crippen LogP contribution in [0, 0.1) is 5.92 Å². The Bertz CT molecular complexity index is 1280. The Labute approximate surface area is 209 Å². The van der Waals surface area contributed by atoms with E-state index in [0.29, 0.717) is 34.3 Å². The third-order valence-electron chi connectivity index (χ3n) is 6.18. The number of hydrogen-bond acceptors (Lipinski definition) is 5. The highest BCUT2D eigenvalue weighted by Crippen LogP contribution is 2.48. The van der Waals surface area contributed by atoms with E-state index in [1.807, 2.05) is 6.92 Å². The standard InChI is InChI=1S/C26H20ClF3N2O4/c1-2-35-20-13-11-18(12-14-20)31-24(33)21-22(15-3-5-16(6-4-15)26(28,29)30)32(36-23(21)25(31)34)19-9-7-17(27)8-10-19/h3-14,21-23H,2H2,1H3/t21-,22-,23+/m0/s1. The van der Waals surface area contributed by atoms with Crippen molar-refractivity contribution in [1.29, 1.82) is 0 Å². The van der Waals surface area contributed by atoms with Crippen LogP contribution in [0.25, 0.3) is 0 Å². The Hall–Kier alpha value is -3.56. The number of hydrogen-bond donors (Lipinski definition) is 0. The molecule has 3 aromatic carbocycles. The largest absolute Gasteiger partial charge is 0.494 e. The van der Waals surface area contributed by atoms with E-state index in [1.165, 1.54) is 17.2 Å². The molecule has 3 aromatic rings. The molecular weight excluding hydrogens is 497 g/mol. The molecule has 0 aromatic heterocycles. The van der Waals surface area contributed by atoms with Crippen molar-refractivity contribution in [2.24, 2.45) is 5.92 Å². The smallest absolute Gasteiger partial charge is 0.416 e. The fourth-order valence-electron chi connectivity index (χ4n) is 4.55. The summed E-state index contributed by atoms with van der Waals surface area (Å²) in [4.78, 5) is 34.0. The number of fused-ring (bicyclic) bond motifs is 1. The van der Waals surface area contributed by atoms with Gasteiger partial charge in [0.1, 0.15) is 11.7 Å². The fourth-order valence-corrected chi connectivity index (χ4v) is 4.67. The molecule has 0 bridgehead atoms. The third-order valence-corrected chi connectivity index (χ3v) is 6.43. The zero-order valence-corrected chi connectivity index (χ0v) is 19.7. The maximum atomic E-state index is 13.6. The maximum Gasteiger partial charge on any atom is 0.416 e. The lowest BCUT2D eigenvalue weighted by Crippen LogP contribution is -2.37. The van der Waals surface area contributed by atoms with E-state index in [1.54, 1.807) is 48.5 Å². The molecule has 0 spiro atoms. The first-order valence-electron chi connectivity index (χ1n) is 11.2. The summed E-state index contributed by atoms with van der Waals surface area (Å²) in [6.45, 7) is 2.31. The highest BCUT2D eigenvalue weighted by molar-refractivity contribution is 6.30. The molecule has 0 unspecified atom stereocenters. The molecule has 2 fully saturated rings. The van der Waals surface area contributed by atoms with Crippen LogP contribution >= 0.6 is 11.6 Å². The summed E-state index contributed by atoms with van der Waals surface area (Å²) >= 11 is 6.00. The molecule has 0 N–H and O–H groups in total. The Morgan fingerprint density at radius 1 is 0.889 bits per heavy atom. The van der Waals surface area contributed by atoms with E-state index in [0.717, 1.165) is 17.0 Å². The van der Waals surface area contributed by atoms with Gasteiger partial charge < -0.3 is 4.74 Å². The Morgan fingerprint density at radius 2 is 1.50 bits per heavy atom. The topological polar surface area (TPSA) is 59.1 Å². The maximum absolute atomic E-state index is 13.6. The van der Waals surface area contributed by atoms with Crippen LogP contribution in [0.1, 0.15) is 24.1 Å². The van der Waals surface area contributed by atoms with Crippen molar-refractivity contribution >= 4 is 34.8 Å². The van der Waals surface area contributed by atoms with E-state index < -0.39 is 41.6 Å². The molecule has 2 amide bonds. The zero-order chi connectivity index (χ0) is 25.6. The van der Waals surface area contributed by atoms with Crippen LogP contribution in [0.15, 0.2) is 72.8 Å². The van der Waals surface area contributed by atoms with Gasteiger partial charge >= 0.3 is 6.18 Å². The van der Waals surface area contributed by atoms with Gasteiger partial charge in [-0.15, -0.1) is 0 Å². The van der Waals surface area contributed by atoms with Gasteiger partial charge in [-0.25, -0.2) is 9.96 Å². The molecule has 5 rings (SSSR count). The number of anilines is 2. The summed E-state index contributed by atoms with van der Waals surface area (Å²) in [6, 6.07) is 16.7. The quantitative estimate of drug-likeness (QED) is 0.401. The second-order valence-electron chi connectivity index (χ2n) is 8.36. The third kappa shape index (κ3) is 4.18. The Balaban J connectivity index is 1.53. The predicted molar refractivity (Wildman–Crippen MR) is 127 cm³/mol. The van der Waals surface area contributed by atoms with E-state index in [9.17, 15) is 22.8 Å². The van der Waals surface area contributed by atoms with Gasteiger partial charge in [-0.05, 0) is 73.2 Å². The molecule has 2 aliphatic rings. The number of carbonyl (C=O) groups excluding carboxylic acids is 2. The summed E-state index contributed by atoms with van der Waals surface area (Å²) in [7, 11) is 0. The lowest BCUT2D eigenvalue weighted by Gasteiger charge is -2.29. The molecule has 0 saturated carbocycles. The van der Waals surface area contributed by atoms with E-state index in [-0.39, 0.29) is 0 Å². The monoisotopic (exact) mass is 516 g/mol. The highest BCUT2D eigenvalue weighted by atomic mass is 35.5. The van der Waals surface area contributed by atoms with Crippen molar-refractivity contribution in [3.05, 3.63) is 88.9 Å². The van der Waals surface area contributed by atoms with E-state index >= 15 is 0 Å². The minimum Gasteiger partial charge on any atom is -0.494 e. The average molecular weight is 517 g/mol. The molecule has 3 atom stereocenters. The van der Waals surface area contributed by atoms with Gasteiger partial charge in [0.05, 0.1) is 29.6 Å². The fraction of sp³-hybridized carbons (Fsp3) is 0.231. The molecule has 2 saturated heterocycles. The average Bonchev–Trinajstić information content (AvgIpc) is 3.36. The molecule has 0 radical (unpaired) electrons. The van der Waals surface area contributed by atoms with Crippen molar-refractivity contribution in [2.45, 2.75) is 25.2 Å². The van der Waals surface area contributed by atoms with Crippen molar-refractivity contribution < 1.29 is 32.3 Å². The zero-order valence-electron chi connectivity index (χ0n) is 18.9. The summed E-state index contributed by atoms with van der Waals surface area (Å²) in [5, 5.41) is 1.87. The van der Waals surface area contributed by atoms with Gasteiger partial charge in [-0.1, -0.05) is 23.7 Å². The highest BCUT2D eigenvalue weighted by Gasteiger charge is 2.60. The van der Waals surface area contributed by atoms with Crippen molar-refractivity contribution in [3.8, 4) is 5.75 Å². The summed E-state index contributed by atoms with van der Waals surface area (Å²) in [5.74, 6) is -1.44. The number of imide groups is 1. The molecule has 0 aliphatic carbocycles. The second kappa shape index (κ2) is 9.15. The van der Waals surface area contributed by atoms with Crippen LogP contribution in [0.5, 0.6) is 5.75 Å². The van der Waals surface area contributed by atoms with Gasteiger partial charge in [-0.2, -0.15) is 13.2 Å². The van der Waals surface area contributed by atoms with Crippen LogP contribution in [-0.4, -0.2) is 24.5 Å². The van der Waals surface area contributed by atoms with Crippen LogP contribution in [-0.2, 0) is 20.6 Å². The minimum absolute atomic E-state index is 0.357. The normalized spacial score (nSPS) is 21.8. The van der Waals surface area contributed by atoms with Crippen LogP contribution in [0.4, 0.5) is 24.5 Å². The van der Waals surface area contributed by atoms with Crippen molar-refractivity contribution in [2.75, 3.05) is 16.6 Å². The van der Waals surface area contributed by atoms with Gasteiger partial charge in [-0.3, -0.25) is 14.4 Å². The van der Waals surface area contributed by atoms with Crippen molar-refractivity contribution in [3.63, 3.8) is 0 Å². The SMILES string of the molecule is CCOc1ccc(N2C(=O)[C@@H]3[C@@H](ON(c4ccc(Cl)cc4)[C@H]3c3ccc(C(F)(F)F)cc3)C2=O)cc1. The molecular formula is C26H20ClF3N2O4. The number of hydroxylamine groups is 1. The molecule has 6 nitrogen and oxygen atoms in total. The second-order valence-corrected chi connectivity index (χ2v) is 8.79. The molecule has 2 aliphatic heterocycles. The number of rotatable bonds is 5. The first-order valence-corrected chi connectivity index (χ1v) is 11.6. The van der Waals surface area contributed by atoms with Gasteiger partial charge in [0, 0.05) is 5.02 Å². The van der Waals surface area contributed by atoms with Crippen molar-refractivity contribution in [1.82, 2.24) is 0 Å². The molecule has 36 heavy (non-hydrogen) atoms. The molecule has 2 heterocycles. The lowest BCUT2D eigenvalue weighted by molar-refractivity contribution is -0.137. The van der Waals surface area contributed by atoms with E-state index in [2.05, 4.69) is 0 Å². The van der Waals surface area contributed by atoms with Crippen LogP contribution in [0.3, 0.4) is 0 Å². The summed E-state index contributed by atoms with van der Waals surface area (Å²) in [5.41, 5.74) is 0.451. The lowest BCUT2D eigenvalue weighted by atomic mass is 9.90.